The number of aromatic nitrogens is 3. The quantitative estimate of drug-likeness (QED) is 0.257. The van der Waals surface area contributed by atoms with E-state index in [0.29, 0.717) is 34.1 Å². The van der Waals surface area contributed by atoms with Crippen LogP contribution in [-0.4, -0.2) is 47.7 Å². The molecule has 0 aliphatic heterocycles. The number of carbonyl (C=O) groups is 1. The lowest BCUT2D eigenvalue weighted by Crippen LogP contribution is -2.09. The number of hydrogen-bond acceptors (Lipinski definition) is 11. The molecule has 0 saturated heterocycles. The van der Waals surface area contributed by atoms with E-state index < -0.39 is 23.4 Å². The van der Waals surface area contributed by atoms with Gasteiger partial charge in [0.15, 0.2) is 16.6 Å². The van der Waals surface area contributed by atoms with Crippen molar-refractivity contribution < 1.29 is 37.4 Å². The number of ether oxygens (including phenoxy) is 3. The smallest absolute Gasteiger partial charge is 0.409 e. The highest BCUT2D eigenvalue weighted by atomic mass is 32.1. The van der Waals surface area contributed by atoms with Crippen LogP contribution in [-0.2, 0) is 0 Å². The molecule has 2 heterocycles. The first-order valence-corrected chi connectivity index (χ1v) is 10.7. The van der Waals surface area contributed by atoms with Crippen molar-refractivity contribution in [3.8, 4) is 39.4 Å². The van der Waals surface area contributed by atoms with E-state index >= 15 is 0 Å². The predicted molar refractivity (Wildman–Crippen MR) is 126 cm³/mol. The molecule has 0 aliphatic rings. The van der Waals surface area contributed by atoms with Gasteiger partial charge in [0, 0.05) is 23.9 Å². The topological polar surface area (TPSA) is 167 Å². The van der Waals surface area contributed by atoms with E-state index in [2.05, 4.69) is 20.4 Å². The zero-order valence-corrected chi connectivity index (χ0v) is 19.7. The highest BCUT2D eigenvalue weighted by Gasteiger charge is 2.22. The molecule has 0 fully saturated rings. The van der Waals surface area contributed by atoms with Crippen LogP contribution in [0.15, 0.2) is 28.8 Å². The van der Waals surface area contributed by atoms with Gasteiger partial charge in [-0.15, -0.1) is 0 Å². The van der Waals surface area contributed by atoms with Crippen LogP contribution in [0, 0.1) is 11.6 Å². The van der Waals surface area contributed by atoms with Crippen LogP contribution in [0.3, 0.4) is 0 Å². The SMILES string of the molecule is COc1cc(Nc2nc(N)c(-c3nc(-c4cc(NC(=O)O)c(F)cc4F)no3)s2)cc(OC)c1OC. The van der Waals surface area contributed by atoms with Crippen molar-refractivity contribution in [1.82, 2.24) is 15.1 Å². The first kappa shape index (κ1) is 24.5. The Morgan fingerprint density at radius 1 is 1.06 bits per heavy atom. The molecular formula is C21H18F2N6O6S. The van der Waals surface area contributed by atoms with Crippen LogP contribution >= 0.6 is 11.3 Å². The molecule has 0 spiro atoms. The highest BCUT2D eigenvalue weighted by molar-refractivity contribution is 7.19. The second-order valence-corrected chi connectivity index (χ2v) is 7.94. The summed E-state index contributed by atoms with van der Waals surface area (Å²) in [6, 6.07) is 4.77. The number of nitrogens with zero attached hydrogens (tertiary/aromatic N) is 3. The standard InChI is InChI=1S/C21H18F2N6O6S/c1-32-13-4-8(5-14(33-2)15(13)34-3)25-20-27-17(24)16(36-20)19-28-18(29-35-19)9-6-12(26-21(30)31)11(23)7-10(9)22/h4-7,26H,24H2,1-3H3,(H,25,27)(H,30,31). The summed E-state index contributed by atoms with van der Waals surface area (Å²) in [5, 5.41) is 17.8. The lowest BCUT2D eigenvalue weighted by atomic mass is 10.1. The van der Waals surface area contributed by atoms with Gasteiger partial charge in [-0.3, -0.25) is 5.32 Å². The largest absolute Gasteiger partial charge is 0.493 e. The maximum Gasteiger partial charge on any atom is 0.409 e. The van der Waals surface area contributed by atoms with Crippen LogP contribution in [0.2, 0.25) is 0 Å². The molecule has 15 heteroatoms. The van der Waals surface area contributed by atoms with Gasteiger partial charge in [0.05, 0.1) is 32.6 Å². The van der Waals surface area contributed by atoms with Crippen LogP contribution in [0.5, 0.6) is 17.2 Å². The Morgan fingerprint density at radius 2 is 1.75 bits per heavy atom. The Balaban J connectivity index is 1.63. The normalized spacial score (nSPS) is 10.7. The third-order valence-corrected chi connectivity index (χ3v) is 5.70. The summed E-state index contributed by atoms with van der Waals surface area (Å²) in [4.78, 5) is 19.5. The van der Waals surface area contributed by atoms with Crippen molar-refractivity contribution in [3.63, 3.8) is 0 Å². The van der Waals surface area contributed by atoms with E-state index in [1.165, 1.54) is 21.3 Å². The number of rotatable bonds is 8. The molecule has 0 saturated carbocycles. The molecule has 12 nitrogen and oxygen atoms in total. The lowest BCUT2D eigenvalue weighted by Gasteiger charge is -2.14. The van der Waals surface area contributed by atoms with Crippen molar-refractivity contribution in [2.45, 2.75) is 0 Å². The van der Waals surface area contributed by atoms with Gasteiger partial charge in [-0.1, -0.05) is 16.5 Å². The number of methoxy groups -OCH3 is 3. The van der Waals surface area contributed by atoms with Crippen LogP contribution in [0.1, 0.15) is 0 Å². The van der Waals surface area contributed by atoms with Crippen LogP contribution in [0.4, 0.5) is 35.9 Å². The highest BCUT2D eigenvalue weighted by Crippen LogP contribution is 2.42. The summed E-state index contributed by atoms with van der Waals surface area (Å²) in [6.07, 6.45) is -1.52. The van der Waals surface area contributed by atoms with Gasteiger partial charge in [-0.05, 0) is 6.07 Å². The summed E-state index contributed by atoms with van der Waals surface area (Å²) in [5.74, 6) is -1.13. The molecule has 1 amide bonds. The average molecular weight is 520 g/mol. The number of nitrogen functional groups attached to an aromatic ring is 1. The van der Waals surface area contributed by atoms with Crippen molar-refractivity contribution in [2.75, 3.05) is 37.7 Å². The summed E-state index contributed by atoms with van der Waals surface area (Å²) in [6.45, 7) is 0. The van der Waals surface area contributed by atoms with Crippen molar-refractivity contribution in [3.05, 3.63) is 35.9 Å². The summed E-state index contributed by atoms with van der Waals surface area (Å²) in [7, 11) is 4.46. The molecule has 188 valence electrons. The first-order chi connectivity index (χ1) is 17.2. The number of halogens is 2. The minimum Gasteiger partial charge on any atom is -0.493 e. The van der Waals surface area contributed by atoms with E-state index in [1.54, 1.807) is 12.1 Å². The van der Waals surface area contributed by atoms with Gasteiger partial charge >= 0.3 is 6.09 Å². The number of hydrogen-bond donors (Lipinski definition) is 4. The number of thiazole rings is 1. The van der Waals surface area contributed by atoms with Gasteiger partial charge in [0.2, 0.25) is 11.6 Å². The third kappa shape index (κ3) is 4.76. The van der Waals surface area contributed by atoms with E-state index in [0.717, 1.165) is 17.4 Å². The predicted octanol–water partition coefficient (Wildman–Crippen LogP) is 4.58. The second kappa shape index (κ2) is 9.91. The van der Waals surface area contributed by atoms with E-state index in [-0.39, 0.29) is 28.0 Å². The zero-order chi connectivity index (χ0) is 26.0. The molecule has 5 N–H and O–H groups in total. The monoisotopic (exact) mass is 520 g/mol. The van der Waals surface area contributed by atoms with E-state index in [1.807, 2.05) is 5.32 Å². The van der Waals surface area contributed by atoms with Crippen LogP contribution < -0.4 is 30.6 Å². The average Bonchev–Trinajstić information content (AvgIpc) is 3.46. The van der Waals surface area contributed by atoms with Gasteiger partial charge in [0.25, 0.3) is 5.89 Å². The molecule has 0 radical (unpaired) electrons. The minimum atomic E-state index is -1.52. The molecule has 4 rings (SSSR count). The van der Waals surface area contributed by atoms with Crippen molar-refractivity contribution in [1.29, 1.82) is 0 Å². The Hall–Kier alpha value is -4.66. The number of amides is 1. The molecule has 0 unspecified atom stereocenters. The molecule has 0 aliphatic carbocycles. The van der Waals surface area contributed by atoms with Crippen molar-refractivity contribution in [2.24, 2.45) is 0 Å². The minimum absolute atomic E-state index is 0.0537. The van der Waals surface area contributed by atoms with Crippen LogP contribution in [0.25, 0.3) is 22.2 Å². The Morgan fingerprint density at radius 3 is 2.36 bits per heavy atom. The van der Waals surface area contributed by atoms with Crippen molar-refractivity contribution >= 4 is 39.8 Å². The number of carboxylic acid groups (broad SMARTS) is 1. The molecule has 0 bridgehead atoms. The van der Waals surface area contributed by atoms with E-state index in [9.17, 15) is 13.6 Å². The lowest BCUT2D eigenvalue weighted by molar-refractivity contribution is 0.209. The fraction of sp³-hybridized carbons (Fsp3) is 0.143. The number of nitrogens with two attached hydrogens (primary N) is 1. The van der Waals surface area contributed by atoms with Gasteiger partial charge in [-0.25, -0.2) is 18.6 Å². The Bertz CT molecular complexity index is 1420. The summed E-state index contributed by atoms with van der Waals surface area (Å²) in [5.41, 5.74) is 5.83. The second-order valence-electron chi connectivity index (χ2n) is 6.94. The molecule has 4 aromatic rings. The fourth-order valence-electron chi connectivity index (χ4n) is 3.17. The van der Waals surface area contributed by atoms with Gasteiger partial charge in [0.1, 0.15) is 22.3 Å². The third-order valence-electron chi connectivity index (χ3n) is 4.73. The maximum absolute atomic E-state index is 14.4. The van der Waals surface area contributed by atoms with Gasteiger partial charge < -0.3 is 34.9 Å². The molecule has 2 aromatic carbocycles. The number of benzene rings is 2. The first-order valence-electron chi connectivity index (χ1n) is 9.90. The molecule has 36 heavy (non-hydrogen) atoms. The zero-order valence-electron chi connectivity index (χ0n) is 18.9. The fourth-order valence-corrected chi connectivity index (χ4v) is 4.00. The van der Waals surface area contributed by atoms with Gasteiger partial charge in [-0.2, -0.15) is 4.98 Å². The molecular weight excluding hydrogens is 502 g/mol. The summed E-state index contributed by atoms with van der Waals surface area (Å²) < 4.78 is 49.4. The number of anilines is 4. The summed E-state index contributed by atoms with van der Waals surface area (Å²) >= 11 is 1.07. The number of nitrogens with one attached hydrogen (secondary N) is 2. The molecule has 2 aromatic heterocycles. The Labute approximate surface area is 205 Å². The molecule has 0 atom stereocenters. The van der Waals surface area contributed by atoms with E-state index in [4.69, 9.17) is 29.6 Å². The Kier molecular flexibility index (Phi) is 6.73. The maximum atomic E-state index is 14.4.